The quantitative estimate of drug-likeness (QED) is 0.790. The van der Waals surface area contributed by atoms with E-state index in [0.717, 1.165) is 17.7 Å². The average Bonchev–Trinajstić information content (AvgIpc) is 2.26. The van der Waals surface area contributed by atoms with Gasteiger partial charge in [-0.1, -0.05) is 6.92 Å². The van der Waals surface area contributed by atoms with Crippen LogP contribution in [0.25, 0.3) is 0 Å². The number of rotatable bonds is 1. The van der Waals surface area contributed by atoms with Gasteiger partial charge < -0.3 is 14.6 Å². The molecule has 2 heterocycles. The highest BCUT2D eigenvalue weighted by atomic mass is 16.5. The summed E-state index contributed by atoms with van der Waals surface area (Å²) in [5.74, 6) is 0.733. The maximum Gasteiger partial charge on any atom is 0.277 e. The van der Waals surface area contributed by atoms with Gasteiger partial charge in [0.15, 0.2) is 5.75 Å². The molecule has 0 saturated carbocycles. The lowest BCUT2D eigenvalue weighted by Gasteiger charge is -2.31. The molecule has 0 aromatic carbocycles. The zero-order chi connectivity index (χ0) is 11.9. The molecular formula is C12H20N2O2. The van der Waals surface area contributed by atoms with Crippen LogP contribution in [0.2, 0.25) is 0 Å². The second kappa shape index (κ2) is 3.85. The molecule has 1 N–H and O–H groups in total. The molecule has 2 rings (SSSR count). The fraction of sp³-hybridized carbons (Fsp3) is 0.583. The van der Waals surface area contributed by atoms with Gasteiger partial charge in [-0.05, 0) is 20.3 Å². The molecule has 1 aromatic heterocycles. The van der Waals surface area contributed by atoms with Crippen molar-refractivity contribution in [2.24, 2.45) is 7.05 Å². The molecule has 0 bridgehead atoms. The van der Waals surface area contributed by atoms with Crippen LogP contribution in [0.4, 0.5) is 5.69 Å². The molecule has 0 aliphatic carbocycles. The Morgan fingerprint density at radius 3 is 2.88 bits per heavy atom. The number of hydrogen-bond acceptors (Lipinski definition) is 3. The Balaban J connectivity index is 0.00000144. The fourth-order valence-corrected chi connectivity index (χ4v) is 1.93. The van der Waals surface area contributed by atoms with Crippen LogP contribution in [0.3, 0.4) is 0 Å². The first-order chi connectivity index (χ1) is 7.54. The Labute approximate surface area is 96.7 Å². The van der Waals surface area contributed by atoms with E-state index in [1.165, 1.54) is 0 Å². The van der Waals surface area contributed by atoms with Crippen LogP contribution >= 0.6 is 0 Å². The van der Waals surface area contributed by atoms with E-state index < -0.39 is 0 Å². The SMILES string of the molecule is CCc1cn(C)c(=O)c2c1OC(C)C(C)N2.[HH]. The van der Waals surface area contributed by atoms with Crippen LogP contribution in [-0.4, -0.2) is 16.7 Å². The number of nitrogens with one attached hydrogen (secondary N) is 1. The average molecular weight is 224 g/mol. The third-order valence-corrected chi connectivity index (χ3v) is 3.16. The standard InChI is InChI=1S/C12H18N2O2.H2/c1-5-9-6-14(4)12(15)10-11(9)16-8(3)7(2)13-10;/h6-8,13H,5H2,1-4H3;1H. The summed E-state index contributed by atoms with van der Waals surface area (Å²) in [4.78, 5) is 12.0. The van der Waals surface area contributed by atoms with E-state index in [9.17, 15) is 4.79 Å². The second-order valence-electron chi connectivity index (χ2n) is 4.38. The first kappa shape index (κ1) is 11.0. The smallest absolute Gasteiger partial charge is 0.277 e. The van der Waals surface area contributed by atoms with Crippen molar-refractivity contribution in [3.05, 3.63) is 22.1 Å². The summed E-state index contributed by atoms with van der Waals surface area (Å²) >= 11 is 0. The maximum atomic E-state index is 12.0. The minimum atomic E-state index is -0.0223. The lowest BCUT2D eigenvalue weighted by atomic mass is 10.1. The number of aromatic nitrogens is 1. The number of fused-ring (bicyclic) bond motifs is 1. The van der Waals surface area contributed by atoms with Crippen LogP contribution in [-0.2, 0) is 13.5 Å². The Morgan fingerprint density at radius 2 is 2.25 bits per heavy atom. The van der Waals surface area contributed by atoms with Crippen LogP contribution in [0.1, 0.15) is 27.8 Å². The minimum absolute atomic E-state index is 0. The van der Waals surface area contributed by atoms with E-state index >= 15 is 0 Å². The summed E-state index contributed by atoms with van der Waals surface area (Å²) in [7, 11) is 1.77. The molecule has 2 atom stereocenters. The van der Waals surface area contributed by atoms with Gasteiger partial charge in [-0.15, -0.1) is 0 Å². The molecule has 2 unspecified atom stereocenters. The van der Waals surface area contributed by atoms with Crippen molar-refractivity contribution in [1.82, 2.24) is 4.57 Å². The highest BCUT2D eigenvalue weighted by Crippen LogP contribution is 2.31. The topological polar surface area (TPSA) is 43.3 Å². The van der Waals surface area contributed by atoms with E-state index in [2.05, 4.69) is 12.2 Å². The Kier molecular flexibility index (Phi) is 2.66. The number of nitrogens with zero attached hydrogens (tertiary/aromatic N) is 1. The van der Waals surface area contributed by atoms with Crippen molar-refractivity contribution in [3.8, 4) is 5.75 Å². The first-order valence-corrected chi connectivity index (χ1v) is 5.70. The predicted molar refractivity (Wildman–Crippen MR) is 66.3 cm³/mol. The fourth-order valence-electron chi connectivity index (χ4n) is 1.93. The summed E-state index contributed by atoms with van der Waals surface area (Å²) in [6.45, 7) is 6.09. The Hall–Kier alpha value is -1.45. The van der Waals surface area contributed by atoms with Gasteiger partial charge in [0.2, 0.25) is 0 Å². The van der Waals surface area contributed by atoms with Gasteiger partial charge in [-0.25, -0.2) is 0 Å². The van der Waals surface area contributed by atoms with E-state index in [4.69, 9.17) is 4.74 Å². The van der Waals surface area contributed by atoms with Crippen molar-refractivity contribution in [3.63, 3.8) is 0 Å². The molecule has 90 valence electrons. The molecule has 1 aliphatic rings. The predicted octanol–water partition coefficient (Wildman–Crippen LogP) is 1.77. The minimum Gasteiger partial charge on any atom is -0.486 e. The molecule has 4 nitrogen and oxygen atoms in total. The normalized spacial score (nSPS) is 23.2. The molecule has 0 saturated heterocycles. The molecule has 0 fully saturated rings. The summed E-state index contributed by atoms with van der Waals surface area (Å²) in [5, 5.41) is 3.24. The van der Waals surface area contributed by atoms with Crippen molar-refractivity contribution in [1.29, 1.82) is 0 Å². The van der Waals surface area contributed by atoms with Crippen LogP contribution in [0.15, 0.2) is 11.0 Å². The van der Waals surface area contributed by atoms with Gasteiger partial charge in [0.25, 0.3) is 5.56 Å². The van der Waals surface area contributed by atoms with E-state index in [-0.39, 0.29) is 19.1 Å². The van der Waals surface area contributed by atoms with Gasteiger partial charge in [-0.2, -0.15) is 0 Å². The van der Waals surface area contributed by atoms with Gasteiger partial charge in [0, 0.05) is 20.2 Å². The summed E-state index contributed by atoms with van der Waals surface area (Å²) in [5.41, 5.74) is 1.65. The highest BCUT2D eigenvalue weighted by molar-refractivity contribution is 5.60. The first-order valence-electron chi connectivity index (χ1n) is 5.70. The molecule has 1 aliphatic heterocycles. The summed E-state index contributed by atoms with van der Waals surface area (Å²) in [6, 6.07) is 0.160. The molecule has 0 spiro atoms. The second-order valence-corrected chi connectivity index (χ2v) is 4.38. The molecule has 0 amide bonds. The number of pyridine rings is 1. The zero-order valence-electron chi connectivity index (χ0n) is 10.2. The summed E-state index contributed by atoms with van der Waals surface area (Å²) < 4.78 is 7.43. The number of anilines is 1. The van der Waals surface area contributed by atoms with Crippen LogP contribution < -0.4 is 15.6 Å². The molecule has 0 radical (unpaired) electrons. The maximum absolute atomic E-state index is 12.0. The third-order valence-electron chi connectivity index (χ3n) is 3.16. The third kappa shape index (κ3) is 1.58. The van der Waals surface area contributed by atoms with E-state index in [1.807, 2.05) is 20.0 Å². The Bertz CT molecular complexity index is 470. The van der Waals surface area contributed by atoms with E-state index in [1.54, 1.807) is 11.6 Å². The molecule has 16 heavy (non-hydrogen) atoms. The van der Waals surface area contributed by atoms with Crippen molar-refractivity contribution < 1.29 is 6.16 Å². The van der Waals surface area contributed by atoms with E-state index in [0.29, 0.717) is 5.69 Å². The number of hydrogen-bond donors (Lipinski definition) is 1. The van der Waals surface area contributed by atoms with Gasteiger partial charge in [0.1, 0.15) is 11.8 Å². The largest absolute Gasteiger partial charge is 0.486 e. The van der Waals surface area contributed by atoms with Crippen LogP contribution in [0, 0.1) is 0 Å². The molecule has 1 aromatic rings. The lowest BCUT2D eigenvalue weighted by molar-refractivity contribution is 0.191. The highest BCUT2D eigenvalue weighted by Gasteiger charge is 2.27. The van der Waals surface area contributed by atoms with Gasteiger partial charge in [0.05, 0.1) is 6.04 Å². The monoisotopic (exact) mass is 224 g/mol. The lowest BCUT2D eigenvalue weighted by Crippen LogP contribution is -2.40. The van der Waals surface area contributed by atoms with Gasteiger partial charge >= 0.3 is 0 Å². The Morgan fingerprint density at radius 1 is 1.56 bits per heavy atom. The number of ether oxygens (including phenoxy) is 1. The van der Waals surface area contributed by atoms with Crippen molar-refractivity contribution in [2.45, 2.75) is 39.3 Å². The summed E-state index contributed by atoms with van der Waals surface area (Å²) in [6.07, 6.45) is 2.80. The van der Waals surface area contributed by atoms with Crippen molar-refractivity contribution in [2.75, 3.05) is 5.32 Å². The van der Waals surface area contributed by atoms with Crippen LogP contribution in [0.5, 0.6) is 5.75 Å². The number of aryl methyl sites for hydroxylation is 2. The van der Waals surface area contributed by atoms with Gasteiger partial charge in [-0.3, -0.25) is 4.79 Å². The molecular weight excluding hydrogens is 204 g/mol. The zero-order valence-corrected chi connectivity index (χ0v) is 10.2. The van der Waals surface area contributed by atoms with Crippen molar-refractivity contribution >= 4 is 5.69 Å². The molecule has 4 heteroatoms.